The topological polar surface area (TPSA) is 35.5 Å². The van der Waals surface area contributed by atoms with Crippen LogP contribution in [0.3, 0.4) is 0 Å². The summed E-state index contributed by atoms with van der Waals surface area (Å²) in [5.41, 5.74) is 0.408. The second kappa shape index (κ2) is 11.0. The first-order valence-corrected chi connectivity index (χ1v) is 7.53. The zero-order chi connectivity index (χ0) is 14.7. The molecule has 3 heteroatoms. The molecule has 0 spiro atoms. The molecule has 0 aromatic carbocycles. The van der Waals surface area contributed by atoms with Crippen LogP contribution in [0.5, 0.6) is 0 Å². The summed E-state index contributed by atoms with van der Waals surface area (Å²) in [6, 6.07) is 0. The van der Waals surface area contributed by atoms with Gasteiger partial charge in [-0.1, -0.05) is 52.5 Å². The van der Waals surface area contributed by atoms with Crippen molar-refractivity contribution in [3.8, 4) is 0 Å². The summed E-state index contributed by atoms with van der Waals surface area (Å²) in [5.74, 6) is -0.381. The molecule has 0 heterocycles. The molecule has 3 nitrogen and oxygen atoms in total. The van der Waals surface area contributed by atoms with Gasteiger partial charge in [-0.2, -0.15) is 0 Å². The third kappa shape index (κ3) is 9.71. The molecule has 0 aliphatic heterocycles. The van der Waals surface area contributed by atoms with Crippen molar-refractivity contribution in [2.45, 2.75) is 85.0 Å². The highest BCUT2D eigenvalue weighted by Crippen LogP contribution is 2.15. The van der Waals surface area contributed by atoms with Crippen LogP contribution in [0, 0.1) is 0 Å². The minimum atomic E-state index is -0.494. The van der Waals surface area contributed by atoms with Gasteiger partial charge in [-0.25, -0.2) is 4.79 Å². The van der Waals surface area contributed by atoms with Crippen molar-refractivity contribution in [1.82, 2.24) is 0 Å². The Balaban J connectivity index is 4.02. The second-order valence-electron chi connectivity index (χ2n) is 5.15. The Hall–Kier alpha value is -0.830. The lowest BCUT2D eigenvalue weighted by Crippen LogP contribution is -2.25. The molecule has 0 fully saturated rings. The molecule has 0 amide bonds. The van der Waals surface area contributed by atoms with Crippen LogP contribution in [0.4, 0.5) is 0 Å². The van der Waals surface area contributed by atoms with Crippen LogP contribution >= 0.6 is 0 Å². The van der Waals surface area contributed by atoms with Crippen molar-refractivity contribution in [2.24, 2.45) is 0 Å². The molecule has 0 saturated heterocycles. The molecule has 0 aliphatic rings. The number of carbonyl (C=O) groups excluding carboxylic acids is 1. The molecule has 2 atom stereocenters. The van der Waals surface area contributed by atoms with Crippen molar-refractivity contribution in [2.75, 3.05) is 0 Å². The van der Waals surface area contributed by atoms with Gasteiger partial charge in [0.2, 0.25) is 6.29 Å². The molecule has 0 aromatic heterocycles. The maximum atomic E-state index is 11.4. The van der Waals surface area contributed by atoms with Crippen LogP contribution in [0.25, 0.3) is 0 Å². The van der Waals surface area contributed by atoms with E-state index < -0.39 is 6.29 Å². The predicted molar refractivity (Wildman–Crippen MR) is 78.9 cm³/mol. The molecule has 112 valence electrons. The molecule has 0 aliphatic carbocycles. The fraction of sp³-hybridized carbons (Fsp3) is 0.812. The average Bonchev–Trinajstić information content (AvgIpc) is 2.34. The molecular weight excluding hydrogens is 240 g/mol. The SMILES string of the molecule is C=C(C)C(=O)OC(C)OC(CCC)CCCCCC. The Morgan fingerprint density at radius 1 is 1.11 bits per heavy atom. The van der Waals surface area contributed by atoms with E-state index >= 15 is 0 Å². The molecule has 0 N–H and O–H groups in total. The van der Waals surface area contributed by atoms with Gasteiger partial charge in [0.05, 0.1) is 6.10 Å². The van der Waals surface area contributed by atoms with Crippen molar-refractivity contribution in [3.63, 3.8) is 0 Å². The normalized spacial score (nSPS) is 13.9. The van der Waals surface area contributed by atoms with Gasteiger partial charge in [0.1, 0.15) is 0 Å². The minimum Gasteiger partial charge on any atom is -0.433 e. The summed E-state index contributed by atoms with van der Waals surface area (Å²) in [7, 11) is 0. The Bertz CT molecular complexity index is 261. The summed E-state index contributed by atoms with van der Waals surface area (Å²) in [6.07, 6.45) is 7.79. The van der Waals surface area contributed by atoms with Gasteiger partial charge < -0.3 is 9.47 Å². The van der Waals surface area contributed by atoms with Gasteiger partial charge in [0.25, 0.3) is 0 Å². The number of carbonyl (C=O) groups is 1. The number of ether oxygens (including phenoxy) is 2. The highest BCUT2D eigenvalue weighted by molar-refractivity contribution is 5.86. The van der Waals surface area contributed by atoms with Gasteiger partial charge >= 0.3 is 5.97 Å². The molecule has 0 rings (SSSR count). The highest BCUT2D eigenvalue weighted by atomic mass is 16.7. The predicted octanol–water partition coefficient (Wildman–Crippen LogP) is 4.61. The van der Waals surface area contributed by atoms with E-state index in [9.17, 15) is 4.79 Å². The maximum Gasteiger partial charge on any atom is 0.335 e. The van der Waals surface area contributed by atoms with Crippen LogP contribution in [0.2, 0.25) is 0 Å². The third-order valence-electron chi connectivity index (χ3n) is 3.00. The lowest BCUT2D eigenvalue weighted by Gasteiger charge is -2.22. The Labute approximate surface area is 118 Å². The Morgan fingerprint density at radius 2 is 1.79 bits per heavy atom. The molecule has 0 radical (unpaired) electrons. The van der Waals surface area contributed by atoms with Crippen molar-refractivity contribution >= 4 is 5.97 Å². The first-order valence-electron chi connectivity index (χ1n) is 7.53. The third-order valence-corrected chi connectivity index (χ3v) is 3.00. The lowest BCUT2D eigenvalue weighted by atomic mass is 10.1. The zero-order valence-electron chi connectivity index (χ0n) is 13.0. The number of hydrogen-bond acceptors (Lipinski definition) is 3. The first-order chi connectivity index (χ1) is 9.01. The monoisotopic (exact) mass is 270 g/mol. The van der Waals surface area contributed by atoms with Gasteiger partial charge in [0, 0.05) is 5.57 Å². The highest BCUT2D eigenvalue weighted by Gasteiger charge is 2.16. The average molecular weight is 270 g/mol. The van der Waals surface area contributed by atoms with Crippen LogP contribution in [0.1, 0.15) is 72.6 Å². The molecule has 0 saturated carbocycles. The summed E-state index contributed by atoms with van der Waals surface area (Å²) in [4.78, 5) is 11.4. The smallest absolute Gasteiger partial charge is 0.335 e. The fourth-order valence-corrected chi connectivity index (χ4v) is 1.95. The minimum absolute atomic E-state index is 0.190. The quantitative estimate of drug-likeness (QED) is 0.238. The van der Waals surface area contributed by atoms with E-state index in [4.69, 9.17) is 9.47 Å². The summed E-state index contributed by atoms with van der Waals surface area (Å²) in [6.45, 7) is 11.3. The number of esters is 1. The molecule has 19 heavy (non-hydrogen) atoms. The van der Waals surface area contributed by atoms with Gasteiger partial charge in [-0.05, 0) is 26.7 Å². The zero-order valence-corrected chi connectivity index (χ0v) is 13.0. The second-order valence-corrected chi connectivity index (χ2v) is 5.15. The van der Waals surface area contributed by atoms with Crippen molar-refractivity contribution < 1.29 is 14.3 Å². The first kappa shape index (κ1) is 18.2. The van der Waals surface area contributed by atoms with E-state index in [1.807, 2.05) is 0 Å². The van der Waals surface area contributed by atoms with E-state index in [1.165, 1.54) is 25.7 Å². The van der Waals surface area contributed by atoms with E-state index in [2.05, 4.69) is 20.4 Å². The fourth-order valence-electron chi connectivity index (χ4n) is 1.95. The largest absolute Gasteiger partial charge is 0.433 e. The van der Waals surface area contributed by atoms with E-state index in [-0.39, 0.29) is 12.1 Å². The maximum absolute atomic E-state index is 11.4. The van der Waals surface area contributed by atoms with E-state index in [0.717, 1.165) is 19.3 Å². The molecule has 2 unspecified atom stereocenters. The van der Waals surface area contributed by atoms with E-state index in [1.54, 1.807) is 13.8 Å². The Morgan fingerprint density at radius 3 is 2.32 bits per heavy atom. The van der Waals surface area contributed by atoms with Gasteiger partial charge in [-0.3, -0.25) is 0 Å². The van der Waals surface area contributed by atoms with Crippen molar-refractivity contribution in [1.29, 1.82) is 0 Å². The van der Waals surface area contributed by atoms with Crippen LogP contribution in [-0.4, -0.2) is 18.4 Å². The van der Waals surface area contributed by atoms with Gasteiger partial charge in [0.15, 0.2) is 0 Å². The molecule has 0 bridgehead atoms. The molecular formula is C16H30O3. The number of rotatable bonds is 11. The number of unbranched alkanes of at least 4 members (excludes halogenated alkanes) is 3. The summed E-state index contributed by atoms with van der Waals surface area (Å²) >= 11 is 0. The summed E-state index contributed by atoms with van der Waals surface area (Å²) < 4.78 is 11.0. The van der Waals surface area contributed by atoms with Gasteiger partial charge in [-0.15, -0.1) is 0 Å². The van der Waals surface area contributed by atoms with Crippen LogP contribution in [0.15, 0.2) is 12.2 Å². The van der Waals surface area contributed by atoms with E-state index in [0.29, 0.717) is 5.57 Å². The summed E-state index contributed by atoms with van der Waals surface area (Å²) in [5, 5.41) is 0. The van der Waals surface area contributed by atoms with Crippen molar-refractivity contribution in [3.05, 3.63) is 12.2 Å². The number of hydrogen-bond donors (Lipinski definition) is 0. The van der Waals surface area contributed by atoms with Crippen LogP contribution in [-0.2, 0) is 14.3 Å². The standard InChI is InChI=1S/C16H30O3/c1-6-8-9-10-12-15(11-7-2)18-14(5)19-16(17)13(3)4/h14-15H,3,6-12H2,1-2,4-5H3. The Kier molecular flexibility index (Phi) is 10.6. The lowest BCUT2D eigenvalue weighted by molar-refractivity contribution is -0.181. The molecule has 0 aromatic rings. The van der Waals surface area contributed by atoms with Crippen LogP contribution < -0.4 is 0 Å².